The molecule has 2 unspecified atom stereocenters. The van der Waals surface area contributed by atoms with Crippen molar-refractivity contribution in [1.29, 1.82) is 0 Å². The van der Waals surface area contributed by atoms with Crippen molar-refractivity contribution in [1.82, 2.24) is 10.3 Å². The van der Waals surface area contributed by atoms with Crippen LogP contribution in [0.5, 0.6) is 0 Å². The zero-order valence-electron chi connectivity index (χ0n) is 12.0. The molecule has 0 radical (unpaired) electrons. The Morgan fingerprint density at radius 1 is 1.24 bits per heavy atom. The molecule has 2 atom stereocenters. The Morgan fingerprint density at radius 3 is 2.90 bits per heavy atom. The predicted octanol–water partition coefficient (Wildman–Crippen LogP) is 2.52. The topological polar surface area (TPSA) is 62.2 Å². The van der Waals surface area contributed by atoms with E-state index in [-0.39, 0.29) is 17.9 Å². The second-order valence-corrected chi connectivity index (χ2v) is 5.70. The highest BCUT2D eigenvalue weighted by atomic mass is 16.3. The van der Waals surface area contributed by atoms with Crippen LogP contribution in [0.2, 0.25) is 0 Å². The third-order valence-corrected chi connectivity index (χ3v) is 4.29. The Morgan fingerprint density at radius 2 is 2.05 bits per heavy atom. The second-order valence-electron chi connectivity index (χ2n) is 5.70. The molecule has 1 heterocycles. The van der Waals surface area contributed by atoms with Crippen LogP contribution in [0.3, 0.4) is 0 Å². The number of aliphatic hydroxyl groups is 1. The summed E-state index contributed by atoms with van der Waals surface area (Å²) in [4.78, 5) is 16.7. The van der Waals surface area contributed by atoms with Gasteiger partial charge in [-0.3, -0.25) is 9.78 Å². The van der Waals surface area contributed by atoms with Crippen LogP contribution in [0.25, 0.3) is 10.9 Å². The minimum absolute atomic E-state index is 0.0913. The van der Waals surface area contributed by atoms with Gasteiger partial charge in [-0.25, -0.2) is 0 Å². The minimum atomic E-state index is -0.284. The molecule has 4 heteroatoms. The van der Waals surface area contributed by atoms with Crippen LogP contribution in [0.1, 0.15) is 36.0 Å². The Balaban J connectivity index is 1.72. The number of carbonyl (C=O) groups is 1. The number of amides is 1. The fourth-order valence-electron chi connectivity index (χ4n) is 3.04. The van der Waals surface area contributed by atoms with Crippen LogP contribution >= 0.6 is 0 Å². The lowest BCUT2D eigenvalue weighted by atomic mass is 9.86. The van der Waals surface area contributed by atoms with Gasteiger partial charge in [-0.2, -0.15) is 0 Å². The Hall–Kier alpha value is -1.94. The monoisotopic (exact) mass is 284 g/mol. The zero-order valence-corrected chi connectivity index (χ0v) is 12.0. The third kappa shape index (κ3) is 3.05. The number of carbonyl (C=O) groups excluding carboxylic acids is 1. The summed E-state index contributed by atoms with van der Waals surface area (Å²) in [6, 6.07) is 9.37. The molecule has 1 amide bonds. The highest BCUT2D eigenvalue weighted by molar-refractivity contribution is 6.05. The first kappa shape index (κ1) is 14.0. The maximum Gasteiger partial charge on any atom is 0.252 e. The van der Waals surface area contributed by atoms with E-state index in [1.807, 2.05) is 24.3 Å². The SMILES string of the molecule is O=C(NCC1CCCCC1O)c1ccnc2ccccc12. The molecular formula is C17H20N2O2. The molecule has 1 aromatic heterocycles. The van der Waals surface area contributed by atoms with Crippen LogP contribution in [-0.2, 0) is 0 Å². The van der Waals surface area contributed by atoms with Gasteiger partial charge in [0.1, 0.15) is 0 Å². The number of hydrogen-bond acceptors (Lipinski definition) is 3. The molecule has 1 fully saturated rings. The number of hydrogen-bond donors (Lipinski definition) is 2. The summed E-state index contributed by atoms with van der Waals surface area (Å²) >= 11 is 0. The van der Waals surface area contributed by atoms with E-state index in [0.717, 1.165) is 36.6 Å². The van der Waals surface area contributed by atoms with Gasteiger partial charge in [0, 0.05) is 24.0 Å². The van der Waals surface area contributed by atoms with Gasteiger partial charge in [0.15, 0.2) is 0 Å². The van der Waals surface area contributed by atoms with Gasteiger partial charge in [-0.05, 0) is 25.0 Å². The van der Waals surface area contributed by atoms with Gasteiger partial charge in [0.05, 0.1) is 17.2 Å². The molecule has 0 saturated heterocycles. The first-order chi connectivity index (χ1) is 10.3. The number of benzene rings is 1. The molecule has 4 nitrogen and oxygen atoms in total. The maximum atomic E-state index is 12.4. The van der Waals surface area contributed by atoms with Crippen molar-refractivity contribution < 1.29 is 9.90 Å². The van der Waals surface area contributed by atoms with E-state index < -0.39 is 0 Å². The van der Waals surface area contributed by atoms with E-state index in [9.17, 15) is 9.90 Å². The highest BCUT2D eigenvalue weighted by Crippen LogP contribution is 2.24. The van der Waals surface area contributed by atoms with Gasteiger partial charge in [-0.1, -0.05) is 31.0 Å². The average Bonchev–Trinajstić information content (AvgIpc) is 2.53. The number of para-hydroxylation sites is 1. The number of nitrogens with zero attached hydrogens (tertiary/aromatic N) is 1. The van der Waals surface area contributed by atoms with E-state index in [1.165, 1.54) is 0 Å². The Kier molecular flexibility index (Phi) is 4.15. The zero-order chi connectivity index (χ0) is 14.7. The summed E-state index contributed by atoms with van der Waals surface area (Å²) in [7, 11) is 0. The van der Waals surface area contributed by atoms with Crippen molar-refractivity contribution in [2.24, 2.45) is 5.92 Å². The van der Waals surface area contributed by atoms with Crippen LogP contribution in [0.15, 0.2) is 36.5 Å². The van der Waals surface area contributed by atoms with Crippen molar-refractivity contribution in [2.75, 3.05) is 6.54 Å². The van der Waals surface area contributed by atoms with Gasteiger partial charge in [-0.15, -0.1) is 0 Å². The van der Waals surface area contributed by atoms with E-state index >= 15 is 0 Å². The summed E-state index contributed by atoms with van der Waals surface area (Å²) < 4.78 is 0. The quantitative estimate of drug-likeness (QED) is 0.910. The average molecular weight is 284 g/mol. The number of aliphatic hydroxyl groups excluding tert-OH is 1. The van der Waals surface area contributed by atoms with E-state index in [1.54, 1.807) is 12.3 Å². The normalized spacial score (nSPS) is 22.1. The van der Waals surface area contributed by atoms with Crippen molar-refractivity contribution in [3.05, 3.63) is 42.1 Å². The maximum absolute atomic E-state index is 12.4. The second kappa shape index (κ2) is 6.22. The van der Waals surface area contributed by atoms with Crippen LogP contribution in [0, 0.1) is 5.92 Å². The molecule has 3 rings (SSSR count). The van der Waals surface area contributed by atoms with Gasteiger partial charge in [0.2, 0.25) is 0 Å². The largest absolute Gasteiger partial charge is 0.393 e. The molecule has 0 bridgehead atoms. The van der Waals surface area contributed by atoms with Crippen molar-refractivity contribution >= 4 is 16.8 Å². The van der Waals surface area contributed by atoms with Gasteiger partial charge in [0.25, 0.3) is 5.91 Å². The first-order valence-corrected chi connectivity index (χ1v) is 7.56. The number of fused-ring (bicyclic) bond motifs is 1. The molecule has 110 valence electrons. The summed E-state index contributed by atoms with van der Waals surface area (Å²) in [6.07, 6.45) is 5.42. The van der Waals surface area contributed by atoms with Crippen LogP contribution < -0.4 is 5.32 Å². The fraction of sp³-hybridized carbons (Fsp3) is 0.412. The van der Waals surface area contributed by atoms with Gasteiger partial charge >= 0.3 is 0 Å². The summed E-state index contributed by atoms with van der Waals surface area (Å²) in [5.41, 5.74) is 1.47. The van der Waals surface area contributed by atoms with Crippen molar-refractivity contribution in [3.8, 4) is 0 Å². The standard InChI is InChI=1S/C17H20N2O2/c20-16-8-4-1-5-12(16)11-19-17(21)14-9-10-18-15-7-3-2-6-13(14)15/h2-3,6-7,9-10,12,16,20H,1,4-5,8,11H2,(H,19,21). The third-order valence-electron chi connectivity index (χ3n) is 4.29. The molecule has 0 spiro atoms. The van der Waals surface area contributed by atoms with Gasteiger partial charge < -0.3 is 10.4 Å². The van der Waals surface area contributed by atoms with Crippen LogP contribution in [-0.4, -0.2) is 28.6 Å². The summed E-state index contributed by atoms with van der Waals surface area (Å²) in [6.45, 7) is 0.538. The molecule has 21 heavy (non-hydrogen) atoms. The summed E-state index contributed by atoms with van der Waals surface area (Å²) in [5.74, 6) is 0.0853. The number of aromatic nitrogens is 1. The lowest BCUT2D eigenvalue weighted by molar-refractivity contribution is 0.0663. The lowest BCUT2D eigenvalue weighted by Gasteiger charge is -2.27. The summed E-state index contributed by atoms with van der Waals surface area (Å²) in [5, 5.41) is 13.8. The fourth-order valence-corrected chi connectivity index (χ4v) is 3.04. The molecule has 1 aliphatic carbocycles. The number of nitrogens with one attached hydrogen (secondary N) is 1. The minimum Gasteiger partial charge on any atom is -0.393 e. The first-order valence-electron chi connectivity index (χ1n) is 7.56. The smallest absolute Gasteiger partial charge is 0.252 e. The highest BCUT2D eigenvalue weighted by Gasteiger charge is 2.23. The molecule has 2 N–H and O–H groups in total. The van der Waals surface area contributed by atoms with Crippen molar-refractivity contribution in [2.45, 2.75) is 31.8 Å². The number of rotatable bonds is 3. The predicted molar refractivity (Wildman–Crippen MR) is 82.0 cm³/mol. The molecular weight excluding hydrogens is 264 g/mol. The lowest BCUT2D eigenvalue weighted by Crippen LogP contribution is -2.36. The van der Waals surface area contributed by atoms with Crippen LogP contribution in [0.4, 0.5) is 0 Å². The Bertz CT molecular complexity index is 636. The Labute approximate surface area is 124 Å². The number of pyridine rings is 1. The molecule has 0 aliphatic heterocycles. The molecule has 2 aromatic rings. The van der Waals surface area contributed by atoms with Crippen molar-refractivity contribution in [3.63, 3.8) is 0 Å². The van der Waals surface area contributed by atoms with E-state index in [2.05, 4.69) is 10.3 Å². The van der Waals surface area contributed by atoms with E-state index in [0.29, 0.717) is 12.1 Å². The molecule has 1 saturated carbocycles. The molecule has 1 aromatic carbocycles. The molecule has 1 aliphatic rings. The van der Waals surface area contributed by atoms with E-state index in [4.69, 9.17) is 0 Å².